The van der Waals surface area contributed by atoms with Gasteiger partial charge in [-0.05, 0) is 17.7 Å². The Morgan fingerprint density at radius 1 is 1.29 bits per heavy atom. The number of rotatable bonds is 7. The summed E-state index contributed by atoms with van der Waals surface area (Å²) in [6, 6.07) is 8.55. The largest absolute Gasteiger partial charge is 0.565 e. The van der Waals surface area contributed by atoms with Crippen molar-refractivity contribution in [1.82, 2.24) is 0 Å². The first-order chi connectivity index (χ1) is 8.19. The molecular formula is C13H20O3Si. The van der Waals surface area contributed by atoms with E-state index in [1.165, 1.54) is 0 Å². The summed E-state index contributed by atoms with van der Waals surface area (Å²) in [7, 11) is 0.729. The predicted octanol–water partition coefficient (Wildman–Crippen LogP) is 3.35. The van der Waals surface area contributed by atoms with Gasteiger partial charge >= 0.3 is 8.80 Å². The zero-order chi connectivity index (χ0) is 12.7. The molecule has 0 heterocycles. The lowest BCUT2D eigenvalue weighted by molar-refractivity contribution is 0.160. The molecule has 0 fully saturated rings. The van der Waals surface area contributed by atoms with Crippen LogP contribution >= 0.6 is 0 Å². The Bertz CT molecular complexity index is 361. The first kappa shape index (κ1) is 14.0. The molecule has 0 atom stereocenters. The molecule has 0 N–H and O–H groups in total. The van der Waals surface area contributed by atoms with Gasteiger partial charge in [0, 0.05) is 20.3 Å². The van der Waals surface area contributed by atoms with Crippen LogP contribution in [0, 0.1) is 0 Å². The molecule has 0 amide bonds. The molecule has 94 valence electrons. The van der Waals surface area contributed by atoms with Gasteiger partial charge in [-0.25, -0.2) is 0 Å². The minimum atomic E-state index is -2.55. The summed E-state index contributed by atoms with van der Waals surface area (Å²) in [6.07, 6.45) is 2.75. The highest BCUT2D eigenvalue weighted by Crippen LogP contribution is 2.22. The maximum Gasteiger partial charge on any atom is 0.565 e. The van der Waals surface area contributed by atoms with Gasteiger partial charge in [0.15, 0.2) is 0 Å². The van der Waals surface area contributed by atoms with E-state index >= 15 is 0 Å². The van der Waals surface area contributed by atoms with E-state index in [0.29, 0.717) is 0 Å². The third-order valence-corrected chi connectivity index (χ3v) is 5.45. The Kier molecular flexibility index (Phi) is 5.41. The number of hydrogen-bond donors (Lipinski definition) is 0. The SMILES string of the molecule is C=Cc1cccc(O[Si](CCC)(OC)OC)c1. The molecule has 0 saturated carbocycles. The first-order valence-electron chi connectivity index (χ1n) is 5.71. The van der Waals surface area contributed by atoms with Crippen LogP contribution in [0.1, 0.15) is 18.9 Å². The molecule has 0 unspecified atom stereocenters. The number of benzene rings is 1. The molecule has 0 spiro atoms. The van der Waals surface area contributed by atoms with E-state index in [9.17, 15) is 0 Å². The van der Waals surface area contributed by atoms with Crippen molar-refractivity contribution in [2.45, 2.75) is 19.4 Å². The Balaban J connectivity index is 2.88. The third-order valence-electron chi connectivity index (χ3n) is 2.55. The Labute approximate surface area is 104 Å². The van der Waals surface area contributed by atoms with E-state index in [0.717, 1.165) is 23.8 Å². The molecule has 1 aromatic rings. The second-order valence-corrected chi connectivity index (χ2v) is 6.61. The molecule has 0 aliphatic rings. The van der Waals surface area contributed by atoms with Crippen molar-refractivity contribution in [2.75, 3.05) is 14.2 Å². The number of hydrogen-bond acceptors (Lipinski definition) is 3. The summed E-state index contributed by atoms with van der Waals surface area (Å²) in [4.78, 5) is 0. The third kappa shape index (κ3) is 3.69. The predicted molar refractivity (Wildman–Crippen MR) is 72.0 cm³/mol. The van der Waals surface area contributed by atoms with Crippen molar-refractivity contribution < 1.29 is 13.3 Å². The standard InChI is InChI=1S/C13H20O3Si/c1-5-10-17(14-3,15-4)16-13-9-7-8-12(6-2)11-13/h6-9,11H,2,5,10H2,1,3-4H3. The smallest absolute Gasteiger partial charge is 0.501 e. The monoisotopic (exact) mass is 252 g/mol. The van der Waals surface area contributed by atoms with Gasteiger partial charge in [-0.3, -0.25) is 0 Å². The fourth-order valence-corrected chi connectivity index (χ4v) is 3.55. The summed E-state index contributed by atoms with van der Waals surface area (Å²) in [5, 5.41) is 0. The van der Waals surface area contributed by atoms with Gasteiger partial charge in [0.05, 0.1) is 0 Å². The van der Waals surface area contributed by atoms with Gasteiger partial charge in [-0.1, -0.05) is 38.1 Å². The average molecular weight is 252 g/mol. The van der Waals surface area contributed by atoms with Gasteiger partial charge < -0.3 is 13.3 Å². The van der Waals surface area contributed by atoms with Crippen LogP contribution in [0.5, 0.6) is 5.75 Å². The maximum atomic E-state index is 5.93. The molecule has 0 radical (unpaired) electrons. The minimum absolute atomic E-state index is 0.770. The topological polar surface area (TPSA) is 27.7 Å². The molecule has 1 rings (SSSR count). The molecule has 0 aromatic heterocycles. The lowest BCUT2D eigenvalue weighted by Gasteiger charge is -2.26. The zero-order valence-electron chi connectivity index (χ0n) is 10.7. The summed E-state index contributed by atoms with van der Waals surface area (Å²) in [6.45, 7) is 5.83. The van der Waals surface area contributed by atoms with Crippen molar-refractivity contribution in [3.8, 4) is 5.75 Å². The van der Waals surface area contributed by atoms with E-state index in [2.05, 4.69) is 13.5 Å². The molecule has 17 heavy (non-hydrogen) atoms. The van der Waals surface area contributed by atoms with Crippen molar-refractivity contribution in [3.63, 3.8) is 0 Å². The van der Waals surface area contributed by atoms with Crippen LogP contribution in [0.4, 0.5) is 0 Å². The van der Waals surface area contributed by atoms with Crippen molar-refractivity contribution in [1.29, 1.82) is 0 Å². The van der Waals surface area contributed by atoms with Gasteiger partial charge in [0.1, 0.15) is 5.75 Å². The Morgan fingerprint density at radius 2 is 2.00 bits per heavy atom. The fourth-order valence-electron chi connectivity index (χ4n) is 1.61. The Morgan fingerprint density at radius 3 is 2.53 bits per heavy atom. The van der Waals surface area contributed by atoms with Crippen molar-refractivity contribution >= 4 is 14.9 Å². The fraction of sp³-hybridized carbons (Fsp3) is 0.385. The summed E-state index contributed by atoms with van der Waals surface area (Å²) in [5.41, 5.74) is 1.02. The molecule has 1 aromatic carbocycles. The zero-order valence-corrected chi connectivity index (χ0v) is 11.7. The van der Waals surface area contributed by atoms with Crippen LogP contribution in [0.3, 0.4) is 0 Å². The molecule has 0 aliphatic heterocycles. The average Bonchev–Trinajstić information content (AvgIpc) is 2.38. The van der Waals surface area contributed by atoms with E-state index < -0.39 is 8.80 Å². The molecule has 3 nitrogen and oxygen atoms in total. The minimum Gasteiger partial charge on any atom is -0.501 e. The molecular weight excluding hydrogens is 232 g/mol. The van der Waals surface area contributed by atoms with Crippen molar-refractivity contribution in [3.05, 3.63) is 36.4 Å². The van der Waals surface area contributed by atoms with Gasteiger partial charge in [-0.15, -0.1) is 0 Å². The van der Waals surface area contributed by atoms with E-state index in [4.69, 9.17) is 13.3 Å². The quantitative estimate of drug-likeness (QED) is 0.697. The summed E-state index contributed by atoms with van der Waals surface area (Å²) in [5.74, 6) is 0.770. The van der Waals surface area contributed by atoms with Crippen LogP contribution in [0.25, 0.3) is 6.08 Å². The highest BCUT2D eigenvalue weighted by Gasteiger charge is 2.40. The lowest BCUT2D eigenvalue weighted by Crippen LogP contribution is -2.46. The second kappa shape index (κ2) is 6.59. The van der Waals surface area contributed by atoms with Crippen LogP contribution in [0.15, 0.2) is 30.8 Å². The first-order valence-corrected chi connectivity index (χ1v) is 7.64. The Hall–Kier alpha value is -1.10. The normalized spacial score (nSPS) is 11.2. The highest BCUT2D eigenvalue weighted by molar-refractivity contribution is 6.61. The molecule has 0 saturated heterocycles. The van der Waals surface area contributed by atoms with Crippen LogP contribution in [-0.2, 0) is 8.85 Å². The molecule has 4 heteroatoms. The van der Waals surface area contributed by atoms with Gasteiger partial charge in [0.25, 0.3) is 0 Å². The van der Waals surface area contributed by atoms with Crippen LogP contribution in [0.2, 0.25) is 6.04 Å². The molecule has 0 bridgehead atoms. The maximum absolute atomic E-state index is 5.93. The molecule has 0 aliphatic carbocycles. The van der Waals surface area contributed by atoms with E-state index in [1.807, 2.05) is 24.3 Å². The van der Waals surface area contributed by atoms with E-state index in [-0.39, 0.29) is 0 Å². The van der Waals surface area contributed by atoms with Gasteiger partial charge in [0.2, 0.25) is 0 Å². The lowest BCUT2D eigenvalue weighted by atomic mass is 10.2. The van der Waals surface area contributed by atoms with Crippen molar-refractivity contribution in [2.24, 2.45) is 0 Å². The summed E-state index contributed by atoms with van der Waals surface area (Å²) >= 11 is 0. The second-order valence-electron chi connectivity index (χ2n) is 3.72. The van der Waals surface area contributed by atoms with E-state index in [1.54, 1.807) is 20.3 Å². The van der Waals surface area contributed by atoms with Crippen LogP contribution < -0.4 is 4.43 Å². The van der Waals surface area contributed by atoms with Crippen LogP contribution in [-0.4, -0.2) is 23.0 Å². The summed E-state index contributed by atoms with van der Waals surface area (Å²) < 4.78 is 16.9. The highest BCUT2D eigenvalue weighted by atomic mass is 28.4. The van der Waals surface area contributed by atoms with Gasteiger partial charge in [-0.2, -0.15) is 0 Å².